The van der Waals surface area contributed by atoms with E-state index >= 15 is 0 Å². The van der Waals surface area contributed by atoms with Crippen LogP contribution in [0.15, 0.2) is 28.2 Å². The molecule has 0 bridgehead atoms. The van der Waals surface area contributed by atoms with Gasteiger partial charge in [-0.05, 0) is 30.5 Å². The Morgan fingerprint density at radius 2 is 2.12 bits per heavy atom. The summed E-state index contributed by atoms with van der Waals surface area (Å²) in [6, 6.07) is 5.11. The molecule has 7 heteroatoms. The first kappa shape index (κ1) is 20.8. The second kappa shape index (κ2) is 9.97. The van der Waals surface area contributed by atoms with Gasteiger partial charge in [-0.25, -0.2) is 4.98 Å². The molecule has 1 aromatic carbocycles. The molecule has 0 atom stereocenters. The van der Waals surface area contributed by atoms with Crippen LogP contribution < -0.4 is 10.9 Å². The van der Waals surface area contributed by atoms with Gasteiger partial charge >= 0.3 is 0 Å². The van der Waals surface area contributed by atoms with Crippen LogP contribution in [0.3, 0.4) is 0 Å². The monoisotopic (exact) mass is 395 g/mol. The molecule has 0 saturated heterocycles. The van der Waals surface area contributed by atoms with Crippen LogP contribution >= 0.6 is 23.4 Å². The van der Waals surface area contributed by atoms with Crippen molar-refractivity contribution in [3.63, 3.8) is 0 Å². The molecule has 142 valence electrons. The Hall–Kier alpha value is -1.53. The van der Waals surface area contributed by atoms with E-state index in [0.717, 1.165) is 19.3 Å². The fourth-order valence-electron chi connectivity index (χ4n) is 2.50. The summed E-state index contributed by atoms with van der Waals surface area (Å²) in [5.74, 6) is 0.584. The number of benzene rings is 1. The van der Waals surface area contributed by atoms with Crippen LogP contribution in [0.1, 0.15) is 40.0 Å². The summed E-state index contributed by atoms with van der Waals surface area (Å²) >= 11 is 7.34. The Morgan fingerprint density at radius 3 is 2.81 bits per heavy atom. The van der Waals surface area contributed by atoms with Gasteiger partial charge in [0.1, 0.15) is 0 Å². The molecule has 5 nitrogen and oxygen atoms in total. The van der Waals surface area contributed by atoms with Crippen molar-refractivity contribution in [2.75, 3.05) is 12.3 Å². The quantitative estimate of drug-likeness (QED) is 0.394. The zero-order chi connectivity index (χ0) is 19.1. The van der Waals surface area contributed by atoms with Crippen LogP contribution in [0, 0.1) is 5.92 Å². The first-order chi connectivity index (χ1) is 12.4. The molecule has 26 heavy (non-hydrogen) atoms. The van der Waals surface area contributed by atoms with E-state index in [2.05, 4.69) is 17.2 Å². The number of nitrogens with one attached hydrogen (secondary N) is 1. The highest BCUT2D eigenvalue weighted by atomic mass is 35.5. The zero-order valence-corrected chi connectivity index (χ0v) is 17.1. The lowest BCUT2D eigenvalue weighted by molar-refractivity contribution is -0.118. The second-order valence-electron chi connectivity index (χ2n) is 6.71. The Balaban J connectivity index is 2.27. The van der Waals surface area contributed by atoms with Gasteiger partial charge in [0.2, 0.25) is 5.91 Å². The van der Waals surface area contributed by atoms with E-state index in [1.807, 2.05) is 13.8 Å². The van der Waals surface area contributed by atoms with E-state index in [9.17, 15) is 9.59 Å². The second-order valence-corrected chi connectivity index (χ2v) is 8.09. The van der Waals surface area contributed by atoms with Gasteiger partial charge in [-0.1, -0.05) is 57.0 Å². The maximum atomic E-state index is 12.9. The molecule has 2 rings (SSSR count). The minimum absolute atomic E-state index is 0.0516. The standard InChI is InChI=1S/C19H26ClN3O2S/c1-4-5-6-9-23-18(25)15-8-7-14(20)10-16(15)22-19(23)26-12-17(24)21-11-13(2)3/h7-8,10,13H,4-6,9,11-12H2,1-3H3,(H,21,24). The number of unbranched alkanes of at least 4 members (excludes halogenated alkanes) is 2. The van der Waals surface area contributed by atoms with Crippen LogP contribution in [0.4, 0.5) is 0 Å². The summed E-state index contributed by atoms with van der Waals surface area (Å²) in [5, 5.41) is 4.55. The van der Waals surface area contributed by atoms with Crippen LogP contribution in [-0.4, -0.2) is 27.8 Å². The third-order valence-electron chi connectivity index (χ3n) is 3.91. The van der Waals surface area contributed by atoms with E-state index in [1.165, 1.54) is 11.8 Å². The molecule has 0 saturated carbocycles. The number of nitrogens with zero attached hydrogens (tertiary/aromatic N) is 2. The number of rotatable bonds is 9. The number of carbonyl (C=O) groups excluding carboxylic acids is 1. The van der Waals surface area contributed by atoms with Gasteiger partial charge in [0, 0.05) is 18.1 Å². The molecule has 0 aliphatic carbocycles. The molecular weight excluding hydrogens is 370 g/mol. The highest BCUT2D eigenvalue weighted by molar-refractivity contribution is 7.99. The highest BCUT2D eigenvalue weighted by Crippen LogP contribution is 2.21. The van der Waals surface area contributed by atoms with Gasteiger partial charge < -0.3 is 5.32 Å². The lowest BCUT2D eigenvalue weighted by Gasteiger charge is -2.13. The number of hydrogen-bond donors (Lipinski definition) is 1. The summed E-state index contributed by atoms with van der Waals surface area (Å²) in [6.07, 6.45) is 3.03. The lowest BCUT2D eigenvalue weighted by Crippen LogP contribution is -2.29. The Labute approximate surface area is 163 Å². The zero-order valence-electron chi connectivity index (χ0n) is 15.5. The molecule has 0 aliphatic rings. The molecule has 1 amide bonds. The average molecular weight is 396 g/mol. The van der Waals surface area contributed by atoms with Gasteiger partial charge in [0.15, 0.2) is 5.16 Å². The normalized spacial score (nSPS) is 11.3. The van der Waals surface area contributed by atoms with Crippen molar-refractivity contribution in [1.29, 1.82) is 0 Å². The molecule has 0 fully saturated rings. The van der Waals surface area contributed by atoms with Crippen LogP contribution in [-0.2, 0) is 11.3 Å². The van der Waals surface area contributed by atoms with Gasteiger partial charge in [-0.3, -0.25) is 14.2 Å². The fourth-order valence-corrected chi connectivity index (χ4v) is 3.52. The number of aromatic nitrogens is 2. The number of amides is 1. The van der Waals surface area contributed by atoms with Crippen LogP contribution in [0.25, 0.3) is 10.9 Å². The van der Waals surface area contributed by atoms with Crippen molar-refractivity contribution in [3.8, 4) is 0 Å². The van der Waals surface area contributed by atoms with Gasteiger partial charge in [0.05, 0.1) is 16.7 Å². The molecule has 1 N–H and O–H groups in total. The maximum absolute atomic E-state index is 12.9. The Morgan fingerprint density at radius 1 is 1.35 bits per heavy atom. The van der Waals surface area contributed by atoms with E-state index in [0.29, 0.717) is 40.1 Å². The minimum atomic E-state index is -0.0761. The molecule has 0 radical (unpaired) electrons. The SMILES string of the molecule is CCCCCn1c(SCC(=O)NCC(C)C)nc2cc(Cl)ccc2c1=O. The average Bonchev–Trinajstić information content (AvgIpc) is 2.60. The Bertz CT molecular complexity index is 820. The van der Waals surface area contributed by atoms with E-state index in [-0.39, 0.29) is 17.2 Å². The van der Waals surface area contributed by atoms with E-state index in [4.69, 9.17) is 11.6 Å². The van der Waals surface area contributed by atoms with E-state index < -0.39 is 0 Å². The summed E-state index contributed by atoms with van der Waals surface area (Å²) in [5.41, 5.74) is 0.493. The summed E-state index contributed by atoms with van der Waals surface area (Å²) in [6.45, 7) is 7.47. The summed E-state index contributed by atoms with van der Waals surface area (Å²) in [4.78, 5) is 29.5. The fraction of sp³-hybridized carbons (Fsp3) is 0.526. The lowest BCUT2D eigenvalue weighted by atomic mass is 10.2. The third-order valence-corrected chi connectivity index (χ3v) is 5.12. The number of thioether (sulfide) groups is 1. The van der Waals surface area contributed by atoms with Gasteiger partial charge in [0.25, 0.3) is 5.56 Å². The van der Waals surface area contributed by atoms with Crippen molar-refractivity contribution >= 4 is 40.2 Å². The largest absolute Gasteiger partial charge is 0.355 e. The molecule has 2 aromatic rings. The first-order valence-electron chi connectivity index (χ1n) is 9.02. The Kier molecular flexibility index (Phi) is 7.97. The van der Waals surface area contributed by atoms with Crippen molar-refractivity contribution in [1.82, 2.24) is 14.9 Å². The number of fused-ring (bicyclic) bond motifs is 1. The molecule has 0 aliphatic heterocycles. The molecule has 0 unspecified atom stereocenters. The molecule has 0 spiro atoms. The molecule has 1 heterocycles. The topological polar surface area (TPSA) is 64.0 Å². The smallest absolute Gasteiger partial charge is 0.262 e. The molecule has 1 aromatic heterocycles. The number of hydrogen-bond acceptors (Lipinski definition) is 4. The third kappa shape index (κ3) is 5.74. The van der Waals surface area contributed by atoms with Crippen molar-refractivity contribution < 1.29 is 4.79 Å². The predicted octanol–water partition coefficient (Wildman–Crippen LogP) is 4.10. The van der Waals surface area contributed by atoms with Crippen molar-refractivity contribution in [2.45, 2.75) is 51.7 Å². The maximum Gasteiger partial charge on any atom is 0.262 e. The first-order valence-corrected chi connectivity index (χ1v) is 10.4. The van der Waals surface area contributed by atoms with Crippen LogP contribution in [0.2, 0.25) is 5.02 Å². The van der Waals surface area contributed by atoms with Crippen molar-refractivity contribution in [2.24, 2.45) is 5.92 Å². The number of halogens is 1. The van der Waals surface area contributed by atoms with Crippen LogP contribution in [0.5, 0.6) is 0 Å². The predicted molar refractivity (Wildman–Crippen MR) is 109 cm³/mol. The summed E-state index contributed by atoms with van der Waals surface area (Å²) in [7, 11) is 0. The highest BCUT2D eigenvalue weighted by Gasteiger charge is 2.13. The number of carbonyl (C=O) groups is 1. The minimum Gasteiger partial charge on any atom is -0.355 e. The van der Waals surface area contributed by atoms with E-state index in [1.54, 1.807) is 22.8 Å². The van der Waals surface area contributed by atoms with Gasteiger partial charge in [-0.2, -0.15) is 0 Å². The summed E-state index contributed by atoms with van der Waals surface area (Å²) < 4.78 is 1.69. The molecular formula is C19H26ClN3O2S. The van der Waals surface area contributed by atoms with Gasteiger partial charge in [-0.15, -0.1) is 0 Å². The van der Waals surface area contributed by atoms with Crippen molar-refractivity contribution in [3.05, 3.63) is 33.6 Å².